The van der Waals surface area contributed by atoms with Crippen molar-refractivity contribution in [3.8, 4) is 17.2 Å². The van der Waals surface area contributed by atoms with Crippen LogP contribution >= 0.6 is 0 Å². The molecule has 0 spiro atoms. The van der Waals surface area contributed by atoms with Gasteiger partial charge >= 0.3 is 0 Å². The van der Waals surface area contributed by atoms with Gasteiger partial charge in [-0.15, -0.1) is 0 Å². The van der Waals surface area contributed by atoms with Crippen molar-refractivity contribution < 1.29 is 0 Å². The molecule has 0 amide bonds. The van der Waals surface area contributed by atoms with E-state index in [4.69, 9.17) is 4.99 Å². The number of anilines is 6. The Balaban J connectivity index is 0.969. The number of nitrogens with zero attached hydrogens (tertiary/aromatic N) is 5. The maximum absolute atomic E-state index is 11.7. The summed E-state index contributed by atoms with van der Waals surface area (Å²) in [5.41, 5.74) is 20.3. The van der Waals surface area contributed by atoms with Crippen molar-refractivity contribution in [1.29, 1.82) is 5.26 Å². The van der Waals surface area contributed by atoms with Gasteiger partial charge in [0.05, 0.1) is 29.0 Å². The molecular weight excluding hydrogens is 903 g/mol. The molecule has 4 heterocycles. The summed E-state index contributed by atoms with van der Waals surface area (Å²) < 4.78 is 0. The monoisotopic (exact) mass is 957 g/mol. The Labute approximate surface area is 433 Å². The van der Waals surface area contributed by atoms with E-state index < -0.39 is 12.3 Å². The largest absolute Gasteiger partial charge is 0.350 e. The third-order valence-electron chi connectivity index (χ3n) is 16.5. The van der Waals surface area contributed by atoms with E-state index in [0.29, 0.717) is 5.56 Å². The zero-order valence-corrected chi connectivity index (χ0v) is 41.5. The topological polar surface area (TPSA) is 69.9 Å². The van der Waals surface area contributed by atoms with Crippen LogP contribution < -0.4 is 25.3 Å². The molecule has 5 unspecified atom stereocenters. The Morgan fingerprint density at radius 1 is 0.622 bits per heavy atom. The molecule has 0 fully saturated rings. The number of hydrogen-bond acceptors (Lipinski definition) is 7. The molecule has 14 rings (SSSR count). The second-order valence-electron chi connectivity index (χ2n) is 20.9. The number of nitrogens with one attached hydrogen (secondary N) is 2. The number of rotatable bonds is 7. The highest BCUT2D eigenvalue weighted by Crippen LogP contribution is 2.59. The molecule has 358 valence electrons. The van der Waals surface area contributed by atoms with Crippen LogP contribution in [0.2, 0.25) is 0 Å². The summed E-state index contributed by atoms with van der Waals surface area (Å²) in [6.07, 6.45) is 9.17. The van der Waals surface area contributed by atoms with Crippen molar-refractivity contribution in [2.24, 2.45) is 4.99 Å². The van der Waals surface area contributed by atoms with Gasteiger partial charge in [0.15, 0.2) is 0 Å². The molecule has 74 heavy (non-hydrogen) atoms. The zero-order chi connectivity index (χ0) is 49.5. The highest BCUT2D eigenvalue weighted by molar-refractivity contribution is 6.00. The number of amidine groups is 1. The van der Waals surface area contributed by atoms with Gasteiger partial charge in [-0.05, 0) is 101 Å². The molecule has 0 saturated carbocycles. The van der Waals surface area contributed by atoms with Gasteiger partial charge in [0.25, 0.3) is 0 Å². The molecule has 2 N–H and O–H groups in total. The van der Waals surface area contributed by atoms with E-state index in [0.717, 1.165) is 70.1 Å². The lowest BCUT2D eigenvalue weighted by molar-refractivity contribution is 0.409. The van der Waals surface area contributed by atoms with Gasteiger partial charge in [-0.2, -0.15) is 5.26 Å². The van der Waals surface area contributed by atoms with Gasteiger partial charge in [-0.1, -0.05) is 190 Å². The average Bonchev–Trinajstić information content (AvgIpc) is 4.03. The zero-order valence-electron chi connectivity index (χ0n) is 41.5. The number of allylic oxidation sites excluding steroid dienone is 4. The van der Waals surface area contributed by atoms with Crippen LogP contribution in [-0.4, -0.2) is 17.9 Å². The molecule has 0 bridgehead atoms. The van der Waals surface area contributed by atoms with E-state index in [9.17, 15) is 5.26 Å². The van der Waals surface area contributed by atoms with Crippen molar-refractivity contribution in [1.82, 2.24) is 10.6 Å². The second-order valence-corrected chi connectivity index (χ2v) is 20.9. The third kappa shape index (κ3) is 7.00. The van der Waals surface area contributed by atoms with Crippen LogP contribution in [0.5, 0.6) is 0 Å². The third-order valence-corrected chi connectivity index (χ3v) is 16.5. The second kappa shape index (κ2) is 17.5. The van der Waals surface area contributed by atoms with E-state index in [2.05, 4.69) is 258 Å². The molecule has 2 aliphatic carbocycles. The van der Waals surface area contributed by atoms with Gasteiger partial charge in [-0.3, -0.25) is 5.32 Å². The fraction of sp³-hybridized carbons (Fsp3) is 0.164. The summed E-state index contributed by atoms with van der Waals surface area (Å²) in [5, 5.41) is 19.6. The summed E-state index contributed by atoms with van der Waals surface area (Å²) in [5.74, 6) is 0.978. The molecule has 5 atom stereocenters. The van der Waals surface area contributed by atoms with Gasteiger partial charge in [0.1, 0.15) is 24.2 Å². The maximum atomic E-state index is 11.7. The van der Waals surface area contributed by atoms with Crippen molar-refractivity contribution in [2.45, 2.75) is 68.9 Å². The molecule has 0 aromatic heterocycles. The lowest BCUT2D eigenvalue weighted by Gasteiger charge is -2.46. The SMILES string of the molecule is CC1(C)C2=C(CCC=C2)N(c2cc(N3c4ccccc4C4CC5C(=CC43)c3ccccc3N5c3ccccc3)c(C#N)cc2C2NC(c3ccccc3)=NC(c3ccc(-c4ccccc4)cc3)N2)c2ccccc21. The van der Waals surface area contributed by atoms with Crippen LogP contribution in [0, 0.1) is 11.3 Å². The lowest BCUT2D eigenvalue weighted by atomic mass is 9.71. The van der Waals surface area contributed by atoms with Gasteiger partial charge in [0, 0.05) is 56.5 Å². The fourth-order valence-corrected chi connectivity index (χ4v) is 13.1. The van der Waals surface area contributed by atoms with Crippen LogP contribution in [0.4, 0.5) is 34.1 Å². The van der Waals surface area contributed by atoms with Crippen molar-refractivity contribution in [2.75, 3.05) is 14.7 Å². The van der Waals surface area contributed by atoms with Gasteiger partial charge < -0.3 is 20.0 Å². The first-order valence-corrected chi connectivity index (χ1v) is 26.2. The normalized spacial score (nSPS) is 21.7. The summed E-state index contributed by atoms with van der Waals surface area (Å²) >= 11 is 0. The van der Waals surface area contributed by atoms with E-state index in [1.165, 1.54) is 50.5 Å². The van der Waals surface area contributed by atoms with Crippen molar-refractivity contribution >= 4 is 45.5 Å². The van der Waals surface area contributed by atoms with E-state index in [-0.39, 0.29) is 23.4 Å². The molecular formula is C67H55N7. The van der Waals surface area contributed by atoms with Gasteiger partial charge in [0.2, 0.25) is 0 Å². The standard InChI is InChI=1S/C67H55N7/c1-67(2)54-28-14-18-32-58(54)74(59-33-19-15-29-55(59)67)63-41-60(73-57-31-17-13-27-50(57)52-39-61-51(40-62(52)73)49-26-12-16-30-56(49)72(61)48-24-10-5-11-25-48)47(42-68)38-53(63)66-70-64(45-22-8-4-9-23-45)69-65(71-66)46-36-34-44(35-37-46)43-20-6-3-7-21-43/h3-18,20-32,34-38,40-41,52,61-62,65-66,71H,19,33,39H2,1-2H3,(H,69,70). The van der Waals surface area contributed by atoms with Crippen LogP contribution in [0.25, 0.3) is 16.7 Å². The Hall–Kier alpha value is -8.70. The Kier molecular flexibility index (Phi) is 10.4. The minimum absolute atomic E-state index is 0.0285. The Morgan fingerprint density at radius 3 is 2.05 bits per heavy atom. The number of benzene rings is 8. The molecule has 4 aliphatic heterocycles. The first-order chi connectivity index (χ1) is 36.4. The van der Waals surface area contributed by atoms with E-state index in [1.54, 1.807) is 0 Å². The molecule has 0 saturated heterocycles. The van der Waals surface area contributed by atoms with Crippen molar-refractivity contribution in [3.63, 3.8) is 0 Å². The predicted molar refractivity (Wildman–Crippen MR) is 301 cm³/mol. The average molecular weight is 958 g/mol. The Morgan fingerprint density at radius 2 is 1.28 bits per heavy atom. The van der Waals surface area contributed by atoms with Crippen molar-refractivity contribution in [3.05, 3.63) is 269 Å². The van der Waals surface area contributed by atoms with Crippen LogP contribution in [0.3, 0.4) is 0 Å². The van der Waals surface area contributed by atoms with Crippen LogP contribution in [-0.2, 0) is 5.41 Å². The van der Waals surface area contributed by atoms with Crippen LogP contribution in [0.15, 0.2) is 235 Å². The highest BCUT2D eigenvalue weighted by atomic mass is 15.3. The Bertz CT molecular complexity index is 3680. The van der Waals surface area contributed by atoms with E-state index >= 15 is 0 Å². The molecule has 7 nitrogen and oxygen atoms in total. The predicted octanol–water partition coefficient (Wildman–Crippen LogP) is 15.2. The first-order valence-electron chi connectivity index (χ1n) is 26.2. The molecule has 8 aromatic rings. The number of hydrogen-bond donors (Lipinski definition) is 2. The first kappa shape index (κ1) is 44.0. The lowest BCUT2D eigenvalue weighted by Crippen LogP contribution is -2.46. The number of aliphatic imine (C=N–C) groups is 1. The van der Waals surface area contributed by atoms with Crippen LogP contribution in [0.1, 0.15) is 90.3 Å². The molecule has 8 aromatic carbocycles. The number of nitriles is 1. The van der Waals surface area contributed by atoms with Gasteiger partial charge in [-0.25, -0.2) is 4.99 Å². The molecule has 7 heteroatoms. The molecule has 0 radical (unpaired) electrons. The summed E-state index contributed by atoms with van der Waals surface area (Å²) in [6.45, 7) is 4.73. The highest BCUT2D eigenvalue weighted by Gasteiger charge is 2.49. The minimum Gasteiger partial charge on any atom is -0.350 e. The number of fused-ring (bicyclic) bond motifs is 7. The van der Waals surface area contributed by atoms with E-state index in [1.807, 2.05) is 6.07 Å². The summed E-state index contributed by atoms with van der Waals surface area (Å²) in [6, 6.07) is 74.8. The summed E-state index contributed by atoms with van der Waals surface area (Å²) in [4.78, 5) is 13.0. The quantitative estimate of drug-likeness (QED) is 0.166. The minimum atomic E-state index is -0.446. The summed E-state index contributed by atoms with van der Waals surface area (Å²) in [7, 11) is 0. The fourth-order valence-electron chi connectivity index (χ4n) is 13.1. The smallest absolute Gasteiger partial charge is 0.131 e. The number of para-hydroxylation sites is 4. The molecule has 6 aliphatic rings. The maximum Gasteiger partial charge on any atom is 0.131 e.